The molecule has 0 aliphatic rings. The van der Waals surface area contributed by atoms with Crippen molar-refractivity contribution in [2.45, 2.75) is 19.5 Å². The second kappa shape index (κ2) is 6.29. The van der Waals surface area contributed by atoms with E-state index in [9.17, 15) is 0 Å². The van der Waals surface area contributed by atoms with Crippen LogP contribution in [-0.2, 0) is 6.54 Å². The molecule has 0 radical (unpaired) electrons. The lowest BCUT2D eigenvalue weighted by atomic mass is 10.2. The fraction of sp³-hybridized carbons (Fsp3) is 0.308. The molecule has 2 N–H and O–H groups in total. The van der Waals surface area contributed by atoms with Crippen molar-refractivity contribution in [3.05, 3.63) is 40.4 Å². The Morgan fingerprint density at radius 2 is 2.33 bits per heavy atom. The molecule has 1 atom stereocenters. The van der Waals surface area contributed by atoms with Crippen molar-refractivity contribution in [1.29, 1.82) is 0 Å². The van der Waals surface area contributed by atoms with Crippen LogP contribution in [0.5, 0.6) is 0 Å². The predicted molar refractivity (Wildman–Crippen MR) is 75.9 cm³/mol. The molecule has 0 spiro atoms. The Kier molecular flexibility index (Phi) is 4.72. The summed E-state index contributed by atoms with van der Waals surface area (Å²) >= 11 is 7.59. The van der Waals surface area contributed by atoms with Gasteiger partial charge in [0.2, 0.25) is 0 Å². The Morgan fingerprint density at radius 3 is 3.06 bits per heavy atom. The third-order valence-corrected chi connectivity index (χ3v) is 3.81. The van der Waals surface area contributed by atoms with Gasteiger partial charge in [-0.2, -0.15) is 0 Å². The van der Waals surface area contributed by atoms with E-state index in [0.717, 1.165) is 27.0 Å². The third-order valence-electron chi connectivity index (χ3n) is 2.52. The van der Waals surface area contributed by atoms with E-state index in [1.807, 2.05) is 37.4 Å². The number of hydrogen-bond acceptors (Lipinski definition) is 4. The first-order valence-electron chi connectivity index (χ1n) is 5.74. The number of halogens is 1. The summed E-state index contributed by atoms with van der Waals surface area (Å²) in [6.45, 7) is 2.80. The summed E-state index contributed by atoms with van der Waals surface area (Å²) in [4.78, 5) is 5.53. The van der Waals surface area contributed by atoms with Crippen molar-refractivity contribution >= 4 is 22.9 Å². The summed E-state index contributed by atoms with van der Waals surface area (Å²) in [5.41, 5.74) is 1.04. The molecule has 5 heteroatoms. The number of aliphatic hydroxyl groups excluding tert-OH is 1. The molecule has 0 saturated carbocycles. The molecule has 0 fully saturated rings. The molecule has 18 heavy (non-hydrogen) atoms. The van der Waals surface area contributed by atoms with Crippen LogP contribution in [0.15, 0.2) is 30.5 Å². The van der Waals surface area contributed by atoms with Gasteiger partial charge in [0.1, 0.15) is 5.01 Å². The summed E-state index contributed by atoms with van der Waals surface area (Å²) in [6.07, 6.45) is 1.86. The molecule has 0 saturated heterocycles. The molecule has 1 heterocycles. The fourth-order valence-corrected chi connectivity index (χ4v) is 2.53. The zero-order valence-corrected chi connectivity index (χ0v) is 11.6. The molecule has 3 nitrogen and oxygen atoms in total. The van der Waals surface area contributed by atoms with E-state index in [4.69, 9.17) is 16.7 Å². The van der Waals surface area contributed by atoms with E-state index in [1.54, 1.807) is 11.3 Å². The molecule has 0 aliphatic carbocycles. The maximum atomic E-state index is 8.94. The fourth-order valence-electron chi connectivity index (χ4n) is 1.48. The van der Waals surface area contributed by atoms with Gasteiger partial charge >= 0.3 is 0 Å². The van der Waals surface area contributed by atoms with E-state index < -0.39 is 0 Å². The molecular weight excluding hydrogens is 268 g/mol. The lowest BCUT2D eigenvalue weighted by molar-refractivity contribution is 0.251. The van der Waals surface area contributed by atoms with Crippen LogP contribution < -0.4 is 5.32 Å². The summed E-state index contributed by atoms with van der Waals surface area (Å²) in [5, 5.41) is 13.8. The average molecular weight is 283 g/mol. The largest absolute Gasteiger partial charge is 0.395 e. The summed E-state index contributed by atoms with van der Waals surface area (Å²) in [7, 11) is 0. The Morgan fingerprint density at radius 1 is 1.50 bits per heavy atom. The van der Waals surface area contributed by atoms with Crippen molar-refractivity contribution < 1.29 is 5.11 Å². The lowest BCUT2D eigenvalue weighted by Crippen LogP contribution is -2.28. The smallest absolute Gasteiger partial charge is 0.123 e. The van der Waals surface area contributed by atoms with Crippen LogP contribution in [0.3, 0.4) is 0 Å². The van der Waals surface area contributed by atoms with E-state index in [0.29, 0.717) is 0 Å². The van der Waals surface area contributed by atoms with E-state index in [1.165, 1.54) is 0 Å². The summed E-state index contributed by atoms with van der Waals surface area (Å²) < 4.78 is 0. The molecule has 1 aromatic heterocycles. The third kappa shape index (κ3) is 3.53. The minimum absolute atomic E-state index is 0.0988. The Bertz CT molecular complexity index is 515. The molecule has 0 bridgehead atoms. The Hall–Kier alpha value is -0.940. The number of nitrogens with zero attached hydrogens (tertiary/aromatic N) is 1. The minimum atomic E-state index is 0.0988. The number of aromatic nitrogens is 1. The van der Waals surface area contributed by atoms with Crippen molar-refractivity contribution in [3.8, 4) is 10.6 Å². The van der Waals surface area contributed by atoms with Crippen LogP contribution in [-0.4, -0.2) is 22.7 Å². The first kappa shape index (κ1) is 13.5. The quantitative estimate of drug-likeness (QED) is 0.886. The maximum absolute atomic E-state index is 8.94. The van der Waals surface area contributed by atoms with Crippen LogP contribution in [0.25, 0.3) is 10.6 Å². The van der Waals surface area contributed by atoms with E-state index >= 15 is 0 Å². The first-order chi connectivity index (χ1) is 8.69. The zero-order valence-electron chi connectivity index (χ0n) is 10.1. The van der Waals surface area contributed by atoms with Gasteiger partial charge in [-0.1, -0.05) is 23.7 Å². The normalized spacial score (nSPS) is 12.6. The number of thiazole rings is 1. The maximum Gasteiger partial charge on any atom is 0.123 e. The average Bonchev–Trinajstić information content (AvgIpc) is 2.84. The molecule has 0 aliphatic heterocycles. The van der Waals surface area contributed by atoms with Gasteiger partial charge in [0.15, 0.2) is 0 Å². The van der Waals surface area contributed by atoms with E-state index in [-0.39, 0.29) is 12.6 Å². The van der Waals surface area contributed by atoms with Crippen LogP contribution >= 0.6 is 22.9 Å². The topological polar surface area (TPSA) is 45.1 Å². The number of nitrogens with one attached hydrogen (secondary N) is 1. The molecule has 2 aromatic rings. The van der Waals surface area contributed by atoms with Gasteiger partial charge in [-0.05, 0) is 19.1 Å². The van der Waals surface area contributed by atoms with E-state index in [2.05, 4.69) is 10.3 Å². The zero-order chi connectivity index (χ0) is 13.0. The van der Waals surface area contributed by atoms with Gasteiger partial charge < -0.3 is 10.4 Å². The molecule has 0 amide bonds. The van der Waals surface area contributed by atoms with Crippen LogP contribution in [0, 0.1) is 0 Å². The predicted octanol–water partition coefficient (Wildman–Crippen LogP) is 2.93. The van der Waals surface area contributed by atoms with Crippen molar-refractivity contribution in [1.82, 2.24) is 10.3 Å². The van der Waals surface area contributed by atoms with Gasteiger partial charge in [-0.25, -0.2) is 4.98 Å². The molecule has 96 valence electrons. The number of rotatable bonds is 5. The van der Waals surface area contributed by atoms with Gasteiger partial charge in [0, 0.05) is 34.2 Å². The summed E-state index contributed by atoms with van der Waals surface area (Å²) in [5.74, 6) is 0. The number of hydrogen-bond donors (Lipinski definition) is 2. The minimum Gasteiger partial charge on any atom is -0.395 e. The lowest BCUT2D eigenvalue weighted by Gasteiger charge is -2.08. The SMILES string of the molecule is C[C@H](CO)NCc1cnc(-c2cccc(Cl)c2)s1. The van der Waals surface area contributed by atoms with Crippen molar-refractivity contribution in [3.63, 3.8) is 0 Å². The van der Waals surface area contributed by atoms with Gasteiger partial charge in [0.05, 0.1) is 6.61 Å². The second-order valence-corrected chi connectivity index (χ2v) is 5.66. The van der Waals surface area contributed by atoms with Crippen LogP contribution in [0.2, 0.25) is 5.02 Å². The standard InChI is InChI=1S/C13H15ClN2OS/c1-9(8-17)15-6-12-7-16-13(18-12)10-3-2-4-11(14)5-10/h2-5,7,9,15,17H,6,8H2,1H3/t9-/m1/s1. The monoisotopic (exact) mass is 282 g/mol. The van der Waals surface area contributed by atoms with Crippen LogP contribution in [0.4, 0.5) is 0 Å². The molecule has 1 aromatic carbocycles. The molecule has 2 rings (SSSR count). The van der Waals surface area contributed by atoms with Gasteiger partial charge in [-0.3, -0.25) is 0 Å². The van der Waals surface area contributed by atoms with Crippen LogP contribution in [0.1, 0.15) is 11.8 Å². The molecular formula is C13H15ClN2OS. The first-order valence-corrected chi connectivity index (χ1v) is 6.93. The van der Waals surface area contributed by atoms with Gasteiger partial charge in [0.25, 0.3) is 0 Å². The Labute approximate surface area is 115 Å². The highest BCUT2D eigenvalue weighted by Crippen LogP contribution is 2.27. The van der Waals surface area contributed by atoms with Crippen molar-refractivity contribution in [2.24, 2.45) is 0 Å². The number of aliphatic hydroxyl groups is 1. The number of benzene rings is 1. The highest BCUT2D eigenvalue weighted by Gasteiger charge is 2.06. The van der Waals surface area contributed by atoms with Crippen molar-refractivity contribution in [2.75, 3.05) is 6.61 Å². The Balaban J connectivity index is 2.06. The highest BCUT2D eigenvalue weighted by atomic mass is 35.5. The second-order valence-electron chi connectivity index (χ2n) is 4.11. The summed E-state index contributed by atoms with van der Waals surface area (Å²) in [6, 6.07) is 7.78. The highest BCUT2D eigenvalue weighted by molar-refractivity contribution is 7.15. The van der Waals surface area contributed by atoms with Gasteiger partial charge in [-0.15, -0.1) is 11.3 Å². The molecule has 0 unspecified atom stereocenters.